The normalized spacial score (nSPS) is 24.8. The lowest BCUT2D eigenvalue weighted by Crippen LogP contribution is -2.69. The highest BCUT2D eigenvalue weighted by Gasteiger charge is 2.60. The Morgan fingerprint density at radius 2 is 0.960 bits per heavy atom. The number of phenols is 2. The molecule has 2 saturated heterocycles. The van der Waals surface area contributed by atoms with E-state index < -0.39 is 84.1 Å². The number of fused-ring (bicyclic) bond motifs is 20. The summed E-state index contributed by atoms with van der Waals surface area (Å²) in [6.07, 6.45) is 2.25. The predicted molar refractivity (Wildman–Crippen MR) is 355 cm³/mol. The molecule has 0 saturated carbocycles. The Kier molecular flexibility index (Phi) is 16.7. The van der Waals surface area contributed by atoms with Crippen LogP contribution in [0.25, 0.3) is 0 Å². The first-order chi connectivity index (χ1) is 47.5. The molecular formula is C74H76N8O17. The first kappa shape index (κ1) is 66.2. The number of aromatic hydroxyl groups is 2. The van der Waals surface area contributed by atoms with E-state index in [1.54, 1.807) is 75.6 Å². The number of aryl methyl sites for hydroxylation is 2. The molecule has 6 aromatic rings. The third-order valence-corrected chi connectivity index (χ3v) is 21.6. The number of carbonyl (C=O) groups excluding carboxylic acids is 6. The minimum Gasteiger partial charge on any atom is -0.504 e. The molecule has 0 spiro atoms. The van der Waals surface area contributed by atoms with Gasteiger partial charge in [-0.15, -0.1) is 0 Å². The van der Waals surface area contributed by atoms with Gasteiger partial charge in [0.25, 0.3) is 23.6 Å². The van der Waals surface area contributed by atoms with E-state index in [-0.39, 0.29) is 50.3 Å². The van der Waals surface area contributed by atoms with Gasteiger partial charge in [0.2, 0.25) is 13.6 Å². The molecule has 7 unspecified atom stereocenters. The summed E-state index contributed by atoms with van der Waals surface area (Å²) in [5.74, 6) is 0.471. The van der Waals surface area contributed by atoms with E-state index in [1.165, 1.54) is 37.9 Å². The van der Waals surface area contributed by atoms with E-state index >= 15 is 0 Å². The zero-order valence-corrected chi connectivity index (χ0v) is 56.9. The SMILES string of the molecule is CC=NC.COc1c(C)cc2c(c1O)[C@@H]1C3Cc4c(OC(C)=O)c(C)c5c(c4C(CN4C(=O)c6ccccc6C4=O)N3C(C#N)C(C2)N1C)OCO5.COc1c(C)cc2c(c1O)[C@@H]1C3Cc4c(OC(C)=O)c(C)c5c(c4[C@H](CN4C(=O)c6ccccc6C4=O)N3C(O)C(C2)N1C)OCO5. The molecule has 6 aromatic carbocycles. The molecule has 0 aliphatic carbocycles. The Morgan fingerprint density at radius 1 is 0.586 bits per heavy atom. The number of carbonyl (C=O) groups is 6. The van der Waals surface area contributed by atoms with Crippen LogP contribution < -0.4 is 37.9 Å². The highest BCUT2D eigenvalue weighted by molar-refractivity contribution is 6.22. The summed E-state index contributed by atoms with van der Waals surface area (Å²) in [5, 5.41) is 46.6. The lowest BCUT2D eigenvalue weighted by atomic mass is 9.71. The van der Waals surface area contributed by atoms with Crippen LogP contribution in [0.1, 0.15) is 153 Å². The number of ether oxygens (including phenoxy) is 8. The van der Waals surface area contributed by atoms with Crippen molar-refractivity contribution in [3.63, 3.8) is 0 Å². The number of nitrogens with zero attached hydrogens (tertiary/aromatic N) is 8. The molecule has 0 aromatic heterocycles. The second kappa shape index (κ2) is 25.0. The zero-order valence-electron chi connectivity index (χ0n) is 56.9. The molecule has 16 rings (SSSR count). The van der Waals surface area contributed by atoms with Crippen molar-refractivity contribution in [1.29, 1.82) is 5.26 Å². The van der Waals surface area contributed by atoms with Crippen molar-refractivity contribution in [1.82, 2.24) is 29.4 Å². The summed E-state index contributed by atoms with van der Waals surface area (Å²) >= 11 is 0. The van der Waals surface area contributed by atoms with Gasteiger partial charge in [-0.2, -0.15) is 5.26 Å². The maximum atomic E-state index is 13.8. The van der Waals surface area contributed by atoms with Crippen molar-refractivity contribution < 1.29 is 82.0 Å². The van der Waals surface area contributed by atoms with E-state index in [2.05, 4.69) is 25.8 Å². The van der Waals surface area contributed by atoms with Crippen LogP contribution in [0.2, 0.25) is 0 Å². The quantitative estimate of drug-likeness (QED) is 0.0571. The van der Waals surface area contributed by atoms with E-state index in [0.717, 1.165) is 22.3 Å². The number of aliphatic hydroxyl groups excluding tert-OH is 1. The molecule has 2 fully saturated rings. The van der Waals surface area contributed by atoms with Crippen molar-refractivity contribution in [2.75, 3.05) is 62.0 Å². The third-order valence-electron chi connectivity index (χ3n) is 21.6. The topological polar surface area (TPSA) is 293 Å². The molecule has 4 bridgehead atoms. The number of benzene rings is 6. The van der Waals surface area contributed by atoms with Crippen LogP contribution in [0, 0.1) is 39.0 Å². The number of esters is 2. The van der Waals surface area contributed by atoms with Gasteiger partial charge in [-0.05, 0) is 127 Å². The van der Waals surface area contributed by atoms with Gasteiger partial charge in [-0.3, -0.25) is 58.2 Å². The number of methoxy groups -OCH3 is 2. The average molecular weight is 1350 g/mol. The van der Waals surface area contributed by atoms with Crippen molar-refractivity contribution >= 4 is 41.8 Å². The van der Waals surface area contributed by atoms with Crippen molar-refractivity contribution in [2.45, 2.75) is 135 Å². The van der Waals surface area contributed by atoms with Crippen LogP contribution in [0.4, 0.5) is 0 Å². The van der Waals surface area contributed by atoms with Crippen LogP contribution in [0.3, 0.4) is 0 Å². The van der Waals surface area contributed by atoms with Crippen LogP contribution in [-0.4, -0.2) is 185 Å². The zero-order chi connectivity index (χ0) is 70.2. The number of amides is 4. The molecule has 10 aliphatic rings. The number of likely N-dealkylation sites (N-methyl/N-ethyl adjacent to an activating group) is 2. The third kappa shape index (κ3) is 9.98. The average Bonchev–Trinajstić information content (AvgIpc) is 1.35. The number of piperazine rings is 2. The summed E-state index contributed by atoms with van der Waals surface area (Å²) in [6.45, 7) is 11.6. The second-order valence-electron chi connectivity index (χ2n) is 26.6. The van der Waals surface area contributed by atoms with E-state index in [0.29, 0.717) is 138 Å². The molecule has 0 radical (unpaired) electrons. The number of aliphatic hydroxyl groups is 1. The molecule has 99 heavy (non-hydrogen) atoms. The van der Waals surface area contributed by atoms with E-state index in [4.69, 9.17) is 37.9 Å². The highest BCUT2D eigenvalue weighted by Crippen LogP contribution is 2.61. The summed E-state index contributed by atoms with van der Waals surface area (Å²) < 4.78 is 47.0. The Hall–Kier alpha value is -10.1. The Morgan fingerprint density at radius 3 is 1.34 bits per heavy atom. The molecular weight excluding hydrogens is 1270 g/mol. The molecule has 25 heteroatoms. The molecule has 25 nitrogen and oxygen atoms in total. The fourth-order valence-electron chi connectivity index (χ4n) is 17.5. The fraction of sp³-hybridized carbons (Fsp3) is 0.405. The number of hydrogen-bond donors (Lipinski definition) is 3. The van der Waals surface area contributed by atoms with Gasteiger partial charge < -0.3 is 58.2 Å². The Labute approximate surface area is 571 Å². The number of hydrogen-bond acceptors (Lipinski definition) is 23. The fourth-order valence-corrected chi connectivity index (χ4v) is 17.5. The number of phenolic OH excluding ortho intramolecular Hbond substituents is 2. The standard InChI is InChI=1S/C36H34N4O8.C35H35N3O9.C3H7N/c1-16-10-19-11-23-25(13-37)40-24(29(38(23)4)27(19)30(42)31(16)45-5)12-22-28(34-33(46-15-47-34)17(2)32(22)48-18(3)41)26(40)14-39-35(43)20-8-6-7-9-21(20)36(39)44;1-15-10-18-11-23-35(43)38-22(27(36(23)4)25(18)28(40)29(15)44-5)12-21-26(32-31(45-14-46-32)16(2)30(21)47-17(3)39)24(38)13-37-33(41)19-8-6-7-9-20(19)34(37)42;1-3-4-2/h6-10,23-26,29,42H,11-12,14-15H2,1-5H3;6-10,22-24,27,35,40,43H,11-14H2,1-5H3;3H,1-2H3/t23?,24?,25?,26?,29-;22?,23?,24-,27-,35?;/m00./s1. The minimum atomic E-state index is -1.04. The van der Waals surface area contributed by atoms with Gasteiger partial charge in [0.1, 0.15) is 23.8 Å². The molecule has 10 atom stereocenters. The number of imide groups is 2. The molecule has 4 amide bonds. The predicted octanol–water partition coefficient (Wildman–Crippen LogP) is 7.61. The Balaban J connectivity index is 0.000000160. The van der Waals surface area contributed by atoms with Gasteiger partial charge in [0.05, 0.1) is 72.8 Å². The van der Waals surface area contributed by atoms with Gasteiger partial charge in [0, 0.05) is 96.6 Å². The highest BCUT2D eigenvalue weighted by atomic mass is 16.7. The molecule has 3 N–H and O–H groups in total. The van der Waals surface area contributed by atoms with Crippen molar-refractivity contribution in [2.24, 2.45) is 4.99 Å². The van der Waals surface area contributed by atoms with Crippen LogP contribution >= 0.6 is 0 Å². The second-order valence-corrected chi connectivity index (χ2v) is 26.6. The van der Waals surface area contributed by atoms with Crippen LogP contribution in [0.15, 0.2) is 65.7 Å². The Bertz CT molecular complexity index is 4490. The van der Waals surface area contributed by atoms with Crippen molar-refractivity contribution in [3.8, 4) is 63.6 Å². The summed E-state index contributed by atoms with van der Waals surface area (Å²) in [6, 6.07) is 15.3. The first-order valence-electron chi connectivity index (χ1n) is 32.9. The monoisotopic (exact) mass is 1350 g/mol. The largest absolute Gasteiger partial charge is 0.504 e. The van der Waals surface area contributed by atoms with Gasteiger partial charge in [0.15, 0.2) is 46.0 Å². The molecule has 10 aliphatic heterocycles. The molecule has 514 valence electrons. The van der Waals surface area contributed by atoms with Gasteiger partial charge in [-0.1, -0.05) is 36.4 Å². The number of rotatable bonds is 8. The maximum absolute atomic E-state index is 13.8. The first-order valence-corrected chi connectivity index (χ1v) is 32.9. The number of aliphatic imine (C=N–C) groups is 1. The summed E-state index contributed by atoms with van der Waals surface area (Å²) in [4.78, 5) is 94.4. The van der Waals surface area contributed by atoms with Gasteiger partial charge in [-0.25, -0.2) is 0 Å². The van der Waals surface area contributed by atoms with Crippen molar-refractivity contribution in [3.05, 3.63) is 150 Å². The lowest BCUT2D eigenvalue weighted by Gasteiger charge is -2.60. The number of nitriles is 1. The smallest absolute Gasteiger partial charge is 0.308 e. The summed E-state index contributed by atoms with van der Waals surface area (Å²) in [5.41, 5.74) is 9.82. The van der Waals surface area contributed by atoms with Crippen LogP contribution in [0.5, 0.6) is 57.5 Å². The minimum absolute atomic E-state index is 0.0407. The molecule has 10 heterocycles. The summed E-state index contributed by atoms with van der Waals surface area (Å²) in [7, 11) is 8.68. The van der Waals surface area contributed by atoms with Gasteiger partial charge >= 0.3 is 11.9 Å². The maximum Gasteiger partial charge on any atom is 0.308 e. The lowest BCUT2D eigenvalue weighted by molar-refractivity contribution is -0.173. The van der Waals surface area contributed by atoms with E-state index in [9.17, 15) is 49.3 Å². The van der Waals surface area contributed by atoms with E-state index in [1.807, 2.05) is 51.9 Å². The van der Waals surface area contributed by atoms with Crippen LogP contribution in [-0.2, 0) is 35.3 Å².